The molecule has 0 radical (unpaired) electrons. The molecule has 1 aliphatic heterocycles. The van der Waals surface area contributed by atoms with Gasteiger partial charge in [-0.25, -0.2) is 0 Å². The molecule has 0 amide bonds. The van der Waals surface area contributed by atoms with Gasteiger partial charge < -0.3 is 9.80 Å². The Morgan fingerprint density at radius 1 is 1.40 bits per heavy atom. The molecule has 108 valence electrons. The van der Waals surface area contributed by atoms with Crippen LogP contribution < -0.4 is 4.90 Å². The molecule has 0 aliphatic carbocycles. The van der Waals surface area contributed by atoms with Crippen molar-refractivity contribution < 1.29 is 9.72 Å². The van der Waals surface area contributed by atoms with Gasteiger partial charge in [0.1, 0.15) is 0 Å². The van der Waals surface area contributed by atoms with E-state index < -0.39 is 4.92 Å². The third kappa shape index (κ3) is 3.33. The van der Waals surface area contributed by atoms with Gasteiger partial charge in [0.25, 0.3) is 5.69 Å². The van der Waals surface area contributed by atoms with Crippen LogP contribution in [0, 0.1) is 10.1 Å². The van der Waals surface area contributed by atoms with Crippen molar-refractivity contribution in [1.82, 2.24) is 4.90 Å². The average molecular weight is 277 g/mol. The molecule has 6 heteroatoms. The number of nitrogens with zero attached hydrogens (tertiary/aromatic N) is 3. The molecule has 1 saturated heterocycles. The molecule has 0 unspecified atom stereocenters. The minimum Gasteiger partial charge on any atom is -0.373 e. The monoisotopic (exact) mass is 277 g/mol. The summed E-state index contributed by atoms with van der Waals surface area (Å²) in [6.45, 7) is 4.02. The zero-order valence-corrected chi connectivity index (χ0v) is 11.6. The van der Waals surface area contributed by atoms with Gasteiger partial charge in [-0.15, -0.1) is 0 Å². The van der Waals surface area contributed by atoms with Crippen molar-refractivity contribution >= 4 is 17.7 Å². The van der Waals surface area contributed by atoms with Crippen molar-refractivity contribution in [3.05, 3.63) is 33.9 Å². The Balaban J connectivity index is 2.06. The maximum atomic E-state index is 11.1. The Kier molecular flexibility index (Phi) is 4.68. The van der Waals surface area contributed by atoms with Crippen LogP contribution in [-0.2, 0) is 0 Å². The lowest BCUT2D eigenvalue weighted by atomic mass is 10.1. The summed E-state index contributed by atoms with van der Waals surface area (Å²) in [6.07, 6.45) is 3.18. The first-order chi connectivity index (χ1) is 9.61. The van der Waals surface area contributed by atoms with E-state index in [1.54, 1.807) is 6.07 Å². The number of non-ortho nitro benzene ring substituents is 1. The first kappa shape index (κ1) is 14.5. The van der Waals surface area contributed by atoms with Gasteiger partial charge in [-0.3, -0.25) is 14.9 Å². The lowest BCUT2D eigenvalue weighted by Gasteiger charge is -2.24. The number of benzene rings is 1. The lowest BCUT2D eigenvalue weighted by Crippen LogP contribution is -2.31. The van der Waals surface area contributed by atoms with E-state index in [1.807, 2.05) is 11.9 Å². The Morgan fingerprint density at radius 2 is 2.10 bits per heavy atom. The van der Waals surface area contributed by atoms with Gasteiger partial charge >= 0.3 is 0 Å². The van der Waals surface area contributed by atoms with E-state index in [2.05, 4.69) is 4.90 Å². The number of carbonyl (C=O) groups is 1. The zero-order chi connectivity index (χ0) is 14.5. The molecule has 1 aromatic carbocycles. The van der Waals surface area contributed by atoms with Crippen molar-refractivity contribution in [2.24, 2.45) is 0 Å². The maximum absolute atomic E-state index is 11.1. The third-order valence-electron chi connectivity index (χ3n) is 3.71. The first-order valence-corrected chi connectivity index (χ1v) is 6.79. The van der Waals surface area contributed by atoms with E-state index in [-0.39, 0.29) is 5.69 Å². The normalized spacial score (nSPS) is 15.2. The third-order valence-corrected chi connectivity index (χ3v) is 3.71. The number of hydrogen-bond donors (Lipinski definition) is 0. The number of hydrogen-bond acceptors (Lipinski definition) is 5. The quantitative estimate of drug-likeness (QED) is 0.451. The summed E-state index contributed by atoms with van der Waals surface area (Å²) in [7, 11) is 1.91. The van der Waals surface area contributed by atoms with Crippen LogP contribution in [0.4, 0.5) is 11.4 Å². The Bertz CT molecular complexity index is 498. The van der Waals surface area contributed by atoms with E-state index in [4.69, 9.17) is 0 Å². The van der Waals surface area contributed by atoms with Gasteiger partial charge in [0.15, 0.2) is 6.29 Å². The van der Waals surface area contributed by atoms with Crippen molar-refractivity contribution in [3.63, 3.8) is 0 Å². The predicted molar refractivity (Wildman–Crippen MR) is 77.4 cm³/mol. The van der Waals surface area contributed by atoms with Crippen LogP contribution in [0.2, 0.25) is 0 Å². The van der Waals surface area contributed by atoms with Crippen molar-refractivity contribution in [3.8, 4) is 0 Å². The highest BCUT2D eigenvalue weighted by molar-refractivity contribution is 5.85. The highest BCUT2D eigenvalue weighted by atomic mass is 16.6. The van der Waals surface area contributed by atoms with Crippen molar-refractivity contribution in [1.29, 1.82) is 0 Å². The molecule has 1 heterocycles. The van der Waals surface area contributed by atoms with E-state index >= 15 is 0 Å². The minimum absolute atomic E-state index is 0.0520. The fourth-order valence-corrected chi connectivity index (χ4v) is 2.52. The standard InChI is InChI=1S/C14H19N3O3/c1-15(8-9-16-6-2-3-7-16)14-5-4-13(17(19)20)10-12(14)11-18/h4-5,10-11H,2-3,6-9H2,1H3. The van der Waals surface area contributed by atoms with E-state index in [9.17, 15) is 14.9 Å². The predicted octanol–water partition coefficient (Wildman–Crippen LogP) is 1.94. The number of nitro groups is 1. The number of aldehydes is 1. The number of nitro benzene ring substituents is 1. The molecule has 1 aromatic rings. The Labute approximate surface area is 118 Å². The van der Waals surface area contributed by atoms with E-state index in [1.165, 1.54) is 25.0 Å². The van der Waals surface area contributed by atoms with Gasteiger partial charge in [0, 0.05) is 43.5 Å². The smallest absolute Gasteiger partial charge is 0.270 e. The Hall–Kier alpha value is -1.95. The fraction of sp³-hybridized carbons (Fsp3) is 0.500. The van der Waals surface area contributed by atoms with Crippen LogP contribution in [0.25, 0.3) is 0 Å². The van der Waals surface area contributed by atoms with Gasteiger partial charge in [0.05, 0.1) is 4.92 Å². The second-order valence-electron chi connectivity index (χ2n) is 5.09. The molecule has 0 aromatic heterocycles. The van der Waals surface area contributed by atoms with Gasteiger partial charge in [-0.1, -0.05) is 0 Å². The van der Waals surface area contributed by atoms with E-state index in [0.717, 1.165) is 31.9 Å². The van der Waals surface area contributed by atoms with Gasteiger partial charge in [-0.05, 0) is 32.0 Å². The second kappa shape index (κ2) is 6.47. The summed E-state index contributed by atoms with van der Waals surface area (Å²) >= 11 is 0. The molecule has 0 bridgehead atoms. The molecular weight excluding hydrogens is 258 g/mol. The molecule has 0 saturated carbocycles. The largest absolute Gasteiger partial charge is 0.373 e. The van der Waals surface area contributed by atoms with Crippen molar-refractivity contribution in [2.45, 2.75) is 12.8 Å². The van der Waals surface area contributed by atoms with Crippen LogP contribution in [0.1, 0.15) is 23.2 Å². The van der Waals surface area contributed by atoms with E-state index in [0.29, 0.717) is 11.8 Å². The van der Waals surface area contributed by atoms with Crippen LogP contribution in [0.5, 0.6) is 0 Å². The molecule has 0 N–H and O–H groups in total. The molecule has 6 nitrogen and oxygen atoms in total. The molecule has 1 fully saturated rings. The number of likely N-dealkylation sites (N-methyl/N-ethyl adjacent to an activating group) is 1. The Morgan fingerprint density at radius 3 is 2.70 bits per heavy atom. The summed E-state index contributed by atoms with van der Waals surface area (Å²) in [4.78, 5) is 25.7. The maximum Gasteiger partial charge on any atom is 0.270 e. The summed E-state index contributed by atoms with van der Waals surface area (Å²) in [5.74, 6) is 0. The summed E-state index contributed by atoms with van der Waals surface area (Å²) in [5, 5.41) is 10.7. The SMILES string of the molecule is CN(CCN1CCCC1)c1ccc([N+](=O)[O-])cc1C=O. The second-order valence-corrected chi connectivity index (χ2v) is 5.09. The molecule has 0 atom stereocenters. The van der Waals surface area contributed by atoms with Crippen LogP contribution in [-0.4, -0.2) is 49.3 Å². The highest BCUT2D eigenvalue weighted by Gasteiger charge is 2.15. The summed E-state index contributed by atoms with van der Waals surface area (Å²) < 4.78 is 0. The molecule has 20 heavy (non-hydrogen) atoms. The number of anilines is 1. The number of rotatable bonds is 6. The van der Waals surface area contributed by atoms with Crippen LogP contribution >= 0.6 is 0 Å². The van der Waals surface area contributed by atoms with Gasteiger partial charge in [-0.2, -0.15) is 0 Å². The number of carbonyl (C=O) groups excluding carboxylic acids is 1. The number of likely N-dealkylation sites (tertiary alicyclic amines) is 1. The zero-order valence-electron chi connectivity index (χ0n) is 11.6. The molecule has 0 spiro atoms. The topological polar surface area (TPSA) is 66.7 Å². The van der Waals surface area contributed by atoms with Crippen LogP contribution in [0.15, 0.2) is 18.2 Å². The lowest BCUT2D eigenvalue weighted by molar-refractivity contribution is -0.384. The van der Waals surface area contributed by atoms with Crippen molar-refractivity contribution in [2.75, 3.05) is 38.1 Å². The van der Waals surface area contributed by atoms with Gasteiger partial charge in [0.2, 0.25) is 0 Å². The molecule has 2 rings (SSSR count). The van der Waals surface area contributed by atoms with Crippen LogP contribution in [0.3, 0.4) is 0 Å². The summed E-state index contributed by atoms with van der Waals surface area (Å²) in [5.41, 5.74) is 1.05. The fourth-order valence-electron chi connectivity index (χ4n) is 2.52. The highest BCUT2D eigenvalue weighted by Crippen LogP contribution is 2.23. The minimum atomic E-state index is -0.485. The summed E-state index contributed by atoms with van der Waals surface area (Å²) in [6, 6.07) is 4.41. The molecular formula is C14H19N3O3. The average Bonchev–Trinajstić information content (AvgIpc) is 2.97. The first-order valence-electron chi connectivity index (χ1n) is 6.79. The molecule has 1 aliphatic rings.